The molecule has 2 N–H and O–H groups in total. The van der Waals surface area contributed by atoms with Crippen LogP contribution in [-0.4, -0.2) is 5.84 Å². The van der Waals surface area contributed by atoms with Gasteiger partial charge in [0.1, 0.15) is 5.84 Å². The summed E-state index contributed by atoms with van der Waals surface area (Å²) in [6.45, 7) is 2.27. The SMILES string of the molecule is CC1CCC2C=CN=C(N)C12. The van der Waals surface area contributed by atoms with Gasteiger partial charge in [0.15, 0.2) is 0 Å². The predicted molar refractivity (Wildman–Crippen MR) is 46.1 cm³/mol. The highest BCUT2D eigenvalue weighted by Gasteiger charge is 2.35. The number of hydrogen-bond acceptors (Lipinski definition) is 2. The van der Waals surface area contributed by atoms with Gasteiger partial charge in [0.2, 0.25) is 0 Å². The Bertz CT molecular complexity index is 218. The van der Waals surface area contributed by atoms with Crippen molar-refractivity contribution in [2.75, 3.05) is 0 Å². The lowest BCUT2D eigenvalue weighted by Gasteiger charge is -2.21. The third-order valence-corrected chi connectivity index (χ3v) is 2.93. The monoisotopic (exact) mass is 150 g/mol. The van der Waals surface area contributed by atoms with E-state index in [4.69, 9.17) is 5.73 Å². The van der Waals surface area contributed by atoms with Crippen LogP contribution in [0.2, 0.25) is 0 Å². The van der Waals surface area contributed by atoms with Gasteiger partial charge in [-0.15, -0.1) is 0 Å². The zero-order valence-electron chi connectivity index (χ0n) is 6.83. The highest BCUT2D eigenvalue weighted by atomic mass is 14.9. The molecule has 2 heteroatoms. The van der Waals surface area contributed by atoms with Crippen LogP contribution >= 0.6 is 0 Å². The van der Waals surface area contributed by atoms with Crippen LogP contribution in [0.1, 0.15) is 19.8 Å². The van der Waals surface area contributed by atoms with E-state index in [0.29, 0.717) is 11.8 Å². The van der Waals surface area contributed by atoms with Gasteiger partial charge in [0.05, 0.1) is 0 Å². The van der Waals surface area contributed by atoms with E-state index < -0.39 is 0 Å². The Morgan fingerprint density at radius 2 is 2.36 bits per heavy atom. The fourth-order valence-electron chi connectivity index (χ4n) is 2.29. The molecule has 1 saturated carbocycles. The fourth-order valence-corrected chi connectivity index (χ4v) is 2.29. The summed E-state index contributed by atoms with van der Waals surface area (Å²) in [5.41, 5.74) is 5.81. The van der Waals surface area contributed by atoms with Crippen molar-refractivity contribution < 1.29 is 0 Å². The van der Waals surface area contributed by atoms with Crippen LogP contribution in [0.4, 0.5) is 0 Å². The first-order valence-corrected chi connectivity index (χ1v) is 4.29. The second-order valence-corrected chi connectivity index (χ2v) is 3.64. The van der Waals surface area contributed by atoms with E-state index in [9.17, 15) is 0 Å². The maximum absolute atomic E-state index is 5.81. The topological polar surface area (TPSA) is 38.4 Å². The molecule has 1 aliphatic heterocycles. The van der Waals surface area contributed by atoms with E-state index in [1.165, 1.54) is 12.8 Å². The van der Waals surface area contributed by atoms with Crippen molar-refractivity contribution in [1.29, 1.82) is 0 Å². The standard InChI is InChI=1S/C9H14N2/c1-6-2-3-7-4-5-11-9(10)8(6)7/h4-8H,2-3H2,1H3,(H2,10,11). The first-order valence-electron chi connectivity index (χ1n) is 4.29. The van der Waals surface area contributed by atoms with Crippen molar-refractivity contribution in [1.82, 2.24) is 0 Å². The third-order valence-electron chi connectivity index (χ3n) is 2.93. The van der Waals surface area contributed by atoms with Gasteiger partial charge in [0.25, 0.3) is 0 Å². The number of rotatable bonds is 0. The Kier molecular flexibility index (Phi) is 1.48. The zero-order chi connectivity index (χ0) is 7.84. The summed E-state index contributed by atoms with van der Waals surface area (Å²) >= 11 is 0. The number of fused-ring (bicyclic) bond motifs is 1. The Labute approximate surface area is 67.2 Å². The van der Waals surface area contributed by atoms with E-state index in [2.05, 4.69) is 18.0 Å². The minimum absolute atomic E-state index is 0.542. The van der Waals surface area contributed by atoms with Gasteiger partial charge in [-0.25, -0.2) is 4.99 Å². The molecule has 0 bridgehead atoms. The molecular formula is C9H14N2. The highest BCUT2D eigenvalue weighted by molar-refractivity contribution is 5.85. The van der Waals surface area contributed by atoms with Crippen molar-refractivity contribution >= 4 is 5.84 Å². The number of nitrogens with two attached hydrogens (primary N) is 1. The molecule has 0 aromatic carbocycles. The van der Waals surface area contributed by atoms with Gasteiger partial charge in [-0.1, -0.05) is 13.0 Å². The summed E-state index contributed by atoms with van der Waals surface area (Å²) in [4.78, 5) is 4.14. The van der Waals surface area contributed by atoms with Gasteiger partial charge in [-0.05, 0) is 24.7 Å². The molecule has 60 valence electrons. The molecule has 1 aliphatic carbocycles. The molecule has 3 unspecified atom stereocenters. The maximum Gasteiger partial charge on any atom is 0.103 e. The Balaban J connectivity index is 2.26. The average Bonchev–Trinajstić information content (AvgIpc) is 2.34. The molecule has 0 radical (unpaired) electrons. The average molecular weight is 150 g/mol. The largest absolute Gasteiger partial charge is 0.387 e. The normalized spacial score (nSPS) is 41.9. The molecule has 1 heterocycles. The molecule has 2 nitrogen and oxygen atoms in total. The second kappa shape index (κ2) is 2.36. The van der Waals surface area contributed by atoms with Crippen LogP contribution in [-0.2, 0) is 0 Å². The highest BCUT2D eigenvalue weighted by Crippen LogP contribution is 2.39. The Morgan fingerprint density at radius 3 is 3.09 bits per heavy atom. The Morgan fingerprint density at radius 1 is 1.55 bits per heavy atom. The molecule has 0 amide bonds. The van der Waals surface area contributed by atoms with Crippen LogP contribution < -0.4 is 5.73 Å². The molecular weight excluding hydrogens is 136 g/mol. The number of aliphatic imine (C=N–C) groups is 1. The third kappa shape index (κ3) is 0.971. The molecule has 0 spiro atoms. The van der Waals surface area contributed by atoms with Gasteiger partial charge < -0.3 is 5.73 Å². The molecule has 0 saturated heterocycles. The lowest BCUT2D eigenvalue weighted by Crippen LogP contribution is -2.31. The fraction of sp³-hybridized carbons (Fsp3) is 0.667. The van der Waals surface area contributed by atoms with Crippen LogP contribution in [0.15, 0.2) is 17.3 Å². The lowest BCUT2D eigenvalue weighted by molar-refractivity contribution is 0.476. The molecule has 3 atom stereocenters. The van der Waals surface area contributed by atoms with Crippen molar-refractivity contribution in [2.45, 2.75) is 19.8 Å². The number of hydrogen-bond donors (Lipinski definition) is 1. The van der Waals surface area contributed by atoms with Crippen molar-refractivity contribution in [3.63, 3.8) is 0 Å². The zero-order valence-corrected chi connectivity index (χ0v) is 6.83. The van der Waals surface area contributed by atoms with Gasteiger partial charge in [0, 0.05) is 12.1 Å². The maximum atomic E-state index is 5.81. The van der Waals surface area contributed by atoms with E-state index in [0.717, 1.165) is 11.8 Å². The lowest BCUT2D eigenvalue weighted by atomic mass is 9.88. The van der Waals surface area contributed by atoms with Gasteiger partial charge >= 0.3 is 0 Å². The van der Waals surface area contributed by atoms with E-state index in [1.807, 2.05) is 6.20 Å². The van der Waals surface area contributed by atoms with Gasteiger partial charge in [-0.3, -0.25) is 0 Å². The number of nitrogens with zero attached hydrogens (tertiary/aromatic N) is 1. The van der Waals surface area contributed by atoms with Crippen LogP contribution in [0.25, 0.3) is 0 Å². The quantitative estimate of drug-likeness (QED) is 0.558. The van der Waals surface area contributed by atoms with Crippen LogP contribution in [0.3, 0.4) is 0 Å². The van der Waals surface area contributed by atoms with Crippen molar-refractivity contribution in [2.24, 2.45) is 28.5 Å². The molecule has 2 aliphatic rings. The second-order valence-electron chi connectivity index (χ2n) is 3.64. The molecule has 0 aromatic rings. The molecule has 2 rings (SSSR count). The molecule has 1 fully saturated rings. The van der Waals surface area contributed by atoms with E-state index >= 15 is 0 Å². The summed E-state index contributed by atoms with van der Waals surface area (Å²) in [6, 6.07) is 0. The summed E-state index contributed by atoms with van der Waals surface area (Å²) in [7, 11) is 0. The van der Waals surface area contributed by atoms with E-state index in [-0.39, 0.29) is 0 Å². The summed E-state index contributed by atoms with van der Waals surface area (Å²) < 4.78 is 0. The van der Waals surface area contributed by atoms with Gasteiger partial charge in [-0.2, -0.15) is 0 Å². The number of amidine groups is 1. The molecule has 11 heavy (non-hydrogen) atoms. The van der Waals surface area contributed by atoms with Crippen molar-refractivity contribution in [3.8, 4) is 0 Å². The molecule has 0 aromatic heterocycles. The first kappa shape index (κ1) is 6.89. The number of allylic oxidation sites excluding steroid dienone is 1. The first-order chi connectivity index (χ1) is 5.29. The van der Waals surface area contributed by atoms with E-state index in [1.54, 1.807) is 0 Å². The van der Waals surface area contributed by atoms with Crippen molar-refractivity contribution in [3.05, 3.63) is 12.3 Å². The minimum atomic E-state index is 0.542. The smallest absolute Gasteiger partial charge is 0.103 e. The van der Waals surface area contributed by atoms with Crippen LogP contribution in [0.5, 0.6) is 0 Å². The minimum Gasteiger partial charge on any atom is -0.387 e. The Hall–Kier alpha value is -0.790. The summed E-state index contributed by atoms with van der Waals surface area (Å²) in [5.74, 6) is 2.80. The summed E-state index contributed by atoms with van der Waals surface area (Å²) in [6.07, 6.45) is 6.65. The summed E-state index contributed by atoms with van der Waals surface area (Å²) in [5, 5.41) is 0. The van der Waals surface area contributed by atoms with Crippen LogP contribution in [0, 0.1) is 17.8 Å². The predicted octanol–water partition coefficient (Wildman–Crippen LogP) is 1.53.